The van der Waals surface area contributed by atoms with Crippen LogP contribution in [0.25, 0.3) is 0 Å². The summed E-state index contributed by atoms with van der Waals surface area (Å²) in [5.74, 6) is 1.65. The molecule has 1 aromatic heterocycles. The van der Waals surface area contributed by atoms with Gasteiger partial charge in [-0.1, -0.05) is 20.3 Å². The van der Waals surface area contributed by atoms with Gasteiger partial charge in [0.05, 0.1) is 12.1 Å². The fraction of sp³-hybridized carbons (Fsp3) is 0.615. The lowest BCUT2D eigenvalue weighted by molar-refractivity contribution is -0.124. The van der Waals surface area contributed by atoms with E-state index >= 15 is 0 Å². The molecule has 0 saturated carbocycles. The molecule has 0 bridgehead atoms. The zero-order chi connectivity index (χ0) is 13.0. The number of carbonyl (C=O) groups excluding carboxylic acids is 1. The molecule has 0 aliphatic heterocycles. The van der Waals surface area contributed by atoms with Gasteiger partial charge in [-0.25, -0.2) is 0 Å². The van der Waals surface area contributed by atoms with Crippen LogP contribution >= 0.6 is 0 Å². The van der Waals surface area contributed by atoms with Gasteiger partial charge in [0.2, 0.25) is 5.91 Å². The van der Waals surface area contributed by atoms with Gasteiger partial charge < -0.3 is 15.5 Å². The summed E-state index contributed by atoms with van der Waals surface area (Å²) < 4.78 is 5.46. The summed E-state index contributed by atoms with van der Waals surface area (Å²) in [6, 6.07) is 3.14. The highest BCUT2D eigenvalue weighted by atomic mass is 16.3. The van der Waals surface area contributed by atoms with Crippen molar-refractivity contribution in [3.8, 4) is 0 Å². The number of rotatable bonds is 5. The van der Waals surface area contributed by atoms with Crippen LogP contribution in [0.4, 0.5) is 0 Å². The first-order valence-corrected chi connectivity index (χ1v) is 6.08. The minimum atomic E-state index is -0.460. The van der Waals surface area contributed by atoms with Gasteiger partial charge in [-0.05, 0) is 31.9 Å². The van der Waals surface area contributed by atoms with Gasteiger partial charge in [0.1, 0.15) is 11.5 Å². The third kappa shape index (κ3) is 3.60. The largest absolute Gasteiger partial charge is 0.464 e. The second kappa shape index (κ2) is 5.87. The number of aryl methyl sites for hydroxylation is 1. The summed E-state index contributed by atoms with van der Waals surface area (Å²) in [5.41, 5.74) is 5.86. The number of furan rings is 1. The maximum absolute atomic E-state index is 11.9. The third-order valence-electron chi connectivity index (χ3n) is 3.11. The molecule has 3 atom stereocenters. The lowest BCUT2D eigenvalue weighted by atomic mass is 9.99. The highest BCUT2D eigenvalue weighted by Gasteiger charge is 2.22. The Labute approximate surface area is 103 Å². The van der Waals surface area contributed by atoms with Crippen molar-refractivity contribution >= 4 is 5.91 Å². The molecular formula is C13H22N2O2. The number of nitrogens with one attached hydrogen (secondary N) is 1. The number of carbonyl (C=O) groups is 1. The number of amides is 1. The fourth-order valence-corrected chi connectivity index (χ4v) is 1.58. The average Bonchev–Trinajstić information content (AvgIpc) is 2.73. The fourth-order valence-electron chi connectivity index (χ4n) is 1.58. The lowest BCUT2D eigenvalue weighted by Crippen LogP contribution is -2.45. The van der Waals surface area contributed by atoms with E-state index in [0.29, 0.717) is 0 Å². The first-order chi connectivity index (χ1) is 7.95. The van der Waals surface area contributed by atoms with Gasteiger partial charge >= 0.3 is 0 Å². The summed E-state index contributed by atoms with van der Waals surface area (Å²) in [4.78, 5) is 11.9. The normalized spacial score (nSPS) is 16.3. The van der Waals surface area contributed by atoms with Crippen molar-refractivity contribution in [2.45, 2.75) is 46.2 Å². The molecule has 0 spiro atoms. The SMILES string of the molecule is CCC(C)C(N)C(=O)NC(C)c1ccc(C)o1. The summed E-state index contributed by atoms with van der Waals surface area (Å²) >= 11 is 0. The van der Waals surface area contributed by atoms with Crippen molar-refractivity contribution in [1.82, 2.24) is 5.32 Å². The Hall–Kier alpha value is -1.29. The van der Waals surface area contributed by atoms with Gasteiger partial charge in [-0.2, -0.15) is 0 Å². The second-order valence-corrected chi connectivity index (χ2v) is 4.59. The molecule has 3 N–H and O–H groups in total. The van der Waals surface area contributed by atoms with Crippen LogP contribution in [0.5, 0.6) is 0 Å². The Bertz CT molecular complexity index is 373. The van der Waals surface area contributed by atoms with Crippen LogP contribution in [0.2, 0.25) is 0 Å². The van der Waals surface area contributed by atoms with Gasteiger partial charge in [0, 0.05) is 0 Å². The predicted octanol–water partition coefficient (Wildman–Crippen LogP) is 2.14. The molecule has 0 fully saturated rings. The minimum Gasteiger partial charge on any atom is -0.464 e. The van der Waals surface area contributed by atoms with E-state index < -0.39 is 6.04 Å². The van der Waals surface area contributed by atoms with Crippen molar-refractivity contribution in [1.29, 1.82) is 0 Å². The van der Waals surface area contributed by atoms with E-state index in [1.54, 1.807) is 0 Å². The van der Waals surface area contributed by atoms with Gasteiger partial charge in [-0.3, -0.25) is 4.79 Å². The maximum Gasteiger partial charge on any atom is 0.237 e. The Balaban J connectivity index is 2.57. The zero-order valence-electron chi connectivity index (χ0n) is 11.0. The molecule has 96 valence electrons. The molecule has 4 nitrogen and oxygen atoms in total. The lowest BCUT2D eigenvalue weighted by Gasteiger charge is -2.20. The molecule has 1 heterocycles. The van der Waals surface area contributed by atoms with Crippen LogP contribution in [0.1, 0.15) is 44.8 Å². The molecule has 0 saturated heterocycles. The van der Waals surface area contributed by atoms with Crippen LogP contribution in [0, 0.1) is 12.8 Å². The van der Waals surface area contributed by atoms with E-state index in [0.717, 1.165) is 17.9 Å². The van der Waals surface area contributed by atoms with E-state index in [9.17, 15) is 4.79 Å². The molecule has 3 unspecified atom stereocenters. The average molecular weight is 238 g/mol. The smallest absolute Gasteiger partial charge is 0.237 e. The molecule has 1 rings (SSSR count). The highest BCUT2D eigenvalue weighted by molar-refractivity contribution is 5.82. The van der Waals surface area contributed by atoms with E-state index in [4.69, 9.17) is 10.2 Å². The van der Waals surface area contributed by atoms with E-state index in [1.807, 2.05) is 39.8 Å². The first-order valence-electron chi connectivity index (χ1n) is 6.08. The third-order valence-corrected chi connectivity index (χ3v) is 3.11. The van der Waals surface area contributed by atoms with Crippen LogP contribution in [0.3, 0.4) is 0 Å². The van der Waals surface area contributed by atoms with Crippen molar-refractivity contribution < 1.29 is 9.21 Å². The van der Waals surface area contributed by atoms with Gasteiger partial charge in [0.25, 0.3) is 0 Å². The van der Waals surface area contributed by atoms with Crippen LogP contribution in [-0.4, -0.2) is 11.9 Å². The van der Waals surface area contributed by atoms with Gasteiger partial charge in [0.15, 0.2) is 0 Å². The van der Waals surface area contributed by atoms with Crippen LogP contribution < -0.4 is 11.1 Å². The standard InChI is InChI=1S/C13H22N2O2/c1-5-8(2)12(14)13(16)15-10(4)11-7-6-9(3)17-11/h6-8,10,12H,5,14H2,1-4H3,(H,15,16). The molecule has 1 aromatic rings. The maximum atomic E-state index is 11.9. The quantitative estimate of drug-likeness (QED) is 0.825. The minimum absolute atomic E-state index is 0.124. The molecule has 1 amide bonds. The highest BCUT2D eigenvalue weighted by Crippen LogP contribution is 2.16. The van der Waals surface area contributed by atoms with Crippen LogP contribution in [0.15, 0.2) is 16.5 Å². The molecule has 0 aromatic carbocycles. The van der Waals surface area contributed by atoms with Gasteiger partial charge in [-0.15, -0.1) is 0 Å². The van der Waals surface area contributed by atoms with Crippen molar-refractivity contribution in [3.05, 3.63) is 23.7 Å². The monoisotopic (exact) mass is 238 g/mol. The Morgan fingerprint density at radius 3 is 2.59 bits per heavy atom. The Morgan fingerprint density at radius 1 is 1.47 bits per heavy atom. The van der Waals surface area contributed by atoms with Crippen molar-refractivity contribution in [2.75, 3.05) is 0 Å². The number of hydrogen-bond donors (Lipinski definition) is 2. The molecular weight excluding hydrogens is 216 g/mol. The van der Waals surface area contributed by atoms with Crippen molar-refractivity contribution in [2.24, 2.45) is 11.7 Å². The molecule has 0 radical (unpaired) electrons. The molecule has 4 heteroatoms. The Morgan fingerprint density at radius 2 is 2.12 bits per heavy atom. The first kappa shape index (κ1) is 13.8. The topological polar surface area (TPSA) is 68.3 Å². The summed E-state index contributed by atoms with van der Waals surface area (Å²) in [5, 5.41) is 2.87. The second-order valence-electron chi connectivity index (χ2n) is 4.59. The summed E-state index contributed by atoms with van der Waals surface area (Å²) in [6.45, 7) is 7.77. The summed E-state index contributed by atoms with van der Waals surface area (Å²) in [7, 11) is 0. The van der Waals surface area contributed by atoms with E-state index in [1.165, 1.54) is 0 Å². The van der Waals surface area contributed by atoms with E-state index in [-0.39, 0.29) is 17.9 Å². The van der Waals surface area contributed by atoms with Crippen LogP contribution in [-0.2, 0) is 4.79 Å². The van der Waals surface area contributed by atoms with Crippen molar-refractivity contribution in [3.63, 3.8) is 0 Å². The molecule has 17 heavy (non-hydrogen) atoms. The number of hydrogen-bond acceptors (Lipinski definition) is 3. The number of nitrogens with two attached hydrogens (primary N) is 1. The molecule has 0 aliphatic rings. The Kier molecular flexibility index (Phi) is 4.75. The zero-order valence-corrected chi connectivity index (χ0v) is 11.0. The van der Waals surface area contributed by atoms with E-state index in [2.05, 4.69) is 5.32 Å². The molecule has 0 aliphatic carbocycles. The summed E-state index contributed by atoms with van der Waals surface area (Å²) in [6.07, 6.45) is 0.892. The predicted molar refractivity (Wildman–Crippen MR) is 67.4 cm³/mol.